The third-order valence-corrected chi connectivity index (χ3v) is 4.84. The van der Waals surface area contributed by atoms with Gasteiger partial charge in [-0.15, -0.1) is 0 Å². The molecule has 1 atom stereocenters. The van der Waals surface area contributed by atoms with Gasteiger partial charge in [0.15, 0.2) is 6.04 Å². The van der Waals surface area contributed by atoms with E-state index < -0.39 is 35.3 Å². The second-order valence-corrected chi connectivity index (χ2v) is 8.20. The standard InChI is InChI=1S/C23H25F2NO5/c1-23(2,3)31-22(28)26-11-10-14-12-15(8-9-16(14)20(26)21(27)29-4)30-13-17-18(24)6-5-7-19(17)25/h5-9,12,20H,10-11,13H2,1-4H3/t20-/m1/s1. The van der Waals surface area contributed by atoms with Gasteiger partial charge in [0.25, 0.3) is 0 Å². The van der Waals surface area contributed by atoms with E-state index in [2.05, 4.69) is 0 Å². The van der Waals surface area contributed by atoms with Crippen molar-refractivity contribution in [2.75, 3.05) is 13.7 Å². The summed E-state index contributed by atoms with van der Waals surface area (Å²) in [5, 5.41) is 0. The zero-order valence-electron chi connectivity index (χ0n) is 17.9. The molecule has 6 nitrogen and oxygen atoms in total. The second kappa shape index (κ2) is 8.91. The molecular formula is C23H25F2NO5. The van der Waals surface area contributed by atoms with Crippen molar-refractivity contribution in [3.63, 3.8) is 0 Å². The summed E-state index contributed by atoms with van der Waals surface area (Å²) in [6.45, 7) is 5.21. The quantitative estimate of drug-likeness (QED) is 0.662. The van der Waals surface area contributed by atoms with Gasteiger partial charge >= 0.3 is 12.1 Å². The number of hydrogen-bond acceptors (Lipinski definition) is 5. The van der Waals surface area contributed by atoms with Crippen LogP contribution in [0.5, 0.6) is 5.75 Å². The van der Waals surface area contributed by atoms with Crippen LogP contribution in [0.15, 0.2) is 36.4 Å². The first-order valence-corrected chi connectivity index (χ1v) is 9.86. The average molecular weight is 433 g/mol. The minimum absolute atomic E-state index is 0.163. The average Bonchev–Trinajstić information content (AvgIpc) is 2.70. The van der Waals surface area contributed by atoms with Crippen molar-refractivity contribution in [3.05, 3.63) is 64.7 Å². The van der Waals surface area contributed by atoms with Crippen LogP contribution in [0.25, 0.3) is 0 Å². The van der Waals surface area contributed by atoms with Gasteiger partial charge in [0.05, 0.1) is 12.7 Å². The van der Waals surface area contributed by atoms with Gasteiger partial charge in [-0.2, -0.15) is 0 Å². The van der Waals surface area contributed by atoms with E-state index in [1.165, 1.54) is 30.2 Å². The van der Waals surface area contributed by atoms with E-state index in [1.54, 1.807) is 39.0 Å². The minimum atomic E-state index is -0.957. The first-order valence-electron chi connectivity index (χ1n) is 9.86. The Morgan fingerprint density at radius 3 is 2.42 bits per heavy atom. The molecule has 3 rings (SSSR count). The summed E-state index contributed by atoms with van der Waals surface area (Å²) >= 11 is 0. The van der Waals surface area contributed by atoms with Gasteiger partial charge < -0.3 is 14.2 Å². The van der Waals surface area contributed by atoms with Crippen LogP contribution in [0.1, 0.15) is 43.5 Å². The van der Waals surface area contributed by atoms with E-state index in [1.807, 2.05) is 0 Å². The van der Waals surface area contributed by atoms with Crippen LogP contribution in [0.3, 0.4) is 0 Å². The SMILES string of the molecule is COC(=O)[C@H]1c2ccc(OCc3c(F)cccc3F)cc2CCN1C(=O)OC(C)(C)C. The van der Waals surface area contributed by atoms with E-state index in [-0.39, 0.29) is 18.7 Å². The molecular weight excluding hydrogens is 408 g/mol. The lowest BCUT2D eigenvalue weighted by atomic mass is 9.92. The van der Waals surface area contributed by atoms with Crippen molar-refractivity contribution < 1.29 is 32.6 Å². The number of esters is 1. The molecule has 8 heteroatoms. The van der Waals surface area contributed by atoms with Gasteiger partial charge in [-0.3, -0.25) is 4.90 Å². The second-order valence-electron chi connectivity index (χ2n) is 8.20. The number of methoxy groups -OCH3 is 1. The molecule has 0 N–H and O–H groups in total. The number of halogens is 2. The maximum atomic E-state index is 13.8. The van der Waals surface area contributed by atoms with E-state index >= 15 is 0 Å². The van der Waals surface area contributed by atoms with Crippen molar-refractivity contribution in [1.29, 1.82) is 0 Å². The van der Waals surface area contributed by atoms with Crippen molar-refractivity contribution >= 4 is 12.1 Å². The largest absolute Gasteiger partial charge is 0.489 e. The molecule has 1 aliphatic rings. The predicted molar refractivity (Wildman–Crippen MR) is 109 cm³/mol. The molecule has 0 radical (unpaired) electrons. The molecule has 0 aromatic heterocycles. The van der Waals surface area contributed by atoms with Gasteiger partial charge in [0, 0.05) is 6.54 Å². The smallest absolute Gasteiger partial charge is 0.411 e. The highest BCUT2D eigenvalue weighted by Gasteiger charge is 2.39. The Kier molecular flexibility index (Phi) is 6.48. The van der Waals surface area contributed by atoms with Gasteiger partial charge in [-0.05, 0) is 62.6 Å². The van der Waals surface area contributed by atoms with E-state index in [0.29, 0.717) is 17.7 Å². The van der Waals surface area contributed by atoms with Crippen LogP contribution in [0.4, 0.5) is 13.6 Å². The molecule has 2 aromatic rings. The molecule has 1 aliphatic heterocycles. The van der Waals surface area contributed by atoms with Crippen molar-refractivity contribution in [3.8, 4) is 5.75 Å². The summed E-state index contributed by atoms with van der Waals surface area (Å²) in [6, 6.07) is 7.61. The summed E-state index contributed by atoms with van der Waals surface area (Å²) in [7, 11) is 1.25. The Morgan fingerprint density at radius 1 is 1.13 bits per heavy atom. The zero-order valence-corrected chi connectivity index (χ0v) is 17.9. The number of fused-ring (bicyclic) bond motifs is 1. The fraction of sp³-hybridized carbons (Fsp3) is 0.391. The van der Waals surface area contributed by atoms with Crippen LogP contribution >= 0.6 is 0 Å². The molecule has 31 heavy (non-hydrogen) atoms. The lowest BCUT2D eigenvalue weighted by molar-refractivity contribution is -0.147. The molecule has 0 saturated carbocycles. The minimum Gasteiger partial charge on any atom is -0.489 e. The number of carbonyl (C=O) groups is 2. The maximum absolute atomic E-state index is 13.8. The van der Waals surface area contributed by atoms with Gasteiger partial charge in [0.2, 0.25) is 0 Å². The van der Waals surface area contributed by atoms with Crippen LogP contribution in [-0.4, -0.2) is 36.2 Å². The van der Waals surface area contributed by atoms with Crippen LogP contribution < -0.4 is 4.74 Å². The Hall–Kier alpha value is -3.16. The summed E-state index contributed by atoms with van der Waals surface area (Å²) < 4.78 is 43.6. The van der Waals surface area contributed by atoms with Crippen molar-refractivity contribution in [2.24, 2.45) is 0 Å². The Morgan fingerprint density at radius 2 is 1.81 bits per heavy atom. The highest BCUT2D eigenvalue weighted by molar-refractivity contribution is 5.84. The normalized spacial score (nSPS) is 15.8. The maximum Gasteiger partial charge on any atom is 0.411 e. The molecule has 1 heterocycles. The van der Waals surface area contributed by atoms with Gasteiger partial charge in [-0.25, -0.2) is 18.4 Å². The zero-order chi connectivity index (χ0) is 22.8. The number of rotatable bonds is 4. The van der Waals surface area contributed by atoms with Crippen LogP contribution in [0, 0.1) is 11.6 Å². The molecule has 0 aliphatic carbocycles. The Labute approximate surface area is 179 Å². The van der Waals surface area contributed by atoms with E-state index in [4.69, 9.17) is 14.2 Å². The lowest BCUT2D eigenvalue weighted by Crippen LogP contribution is -2.46. The fourth-order valence-corrected chi connectivity index (χ4v) is 3.40. The van der Waals surface area contributed by atoms with Crippen LogP contribution in [-0.2, 0) is 27.3 Å². The topological polar surface area (TPSA) is 65.1 Å². The molecule has 0 saturated heterocycles. The van der Waals surface area contributed by atoms with Crippen molar-refractivity contribution in [2.45, 2.75) is 45.4 Å². The number of carbonyl (C=O) groups excluding carboxylic acids is 2. The van der Waals surface area contributed by atoms with E-state index in [9.17, 15) is 18.4 Å². The number of nitrogens with zero attached hydrogens (tertiary/aromatic N) is 1. The van der Waals surface area contributed by atoms with E-state index in [0.717, 1.165) is 5.56 Å². The molecule has 0 spiro atoms. The number of hydrogen-bond donors (Lipinski definition) is 0. The first-order chi connectivity index (χ1) is 14.6. The lowest BCUT2D eigenvalue weighted by Gasteiger charge is -2.36. The molecule has 0 fully saturated rings. The molecule has 1 amide bonds. The van der Waals surface area contributed by atoms with Gasteiger partial charge in [0.1, 0.15) is 29.6 Å². The monoisotopic (exact) mass is 433 g/mol. The highest BCUT2D eigenvalue weighted by Crippen LogP contribution is 2.34. The first kappa shape index (κ1) is 22.5. The van der Waals surface area contributed by atoms with Gasteiger partial charge in [-0.1, -0.05) is 12.1 Å². The Bertz CT molecular complexity index is 966. The predicted octanol–water partition coefficient (Wildman–Crippen LogP) is 4.55. The molecule has 166 valence electrons. The summed E-state index contributed by atoms with van der Waals surface area (Å²) in [6.07, 6.45) is -0.156. The number of amides is 1. The molecule has 2 aromatic carbocycles. The molecule has 0 bridgehead atoms. The third kappa shape index (κ3) is 5.13. The summed E-state index contributed by atoms with van der Waals surface area (Å²) in [4.78, 5) is 26.5. The summed E-state index contributed by atoms with van der Waals surface area (Å²) in [5.41, 5.74) is 0.497. The van der Waals surface area contributed by atoms with Crippen molar-refractivity contribution in [1.82, 2.24) is 4.90 Å². The number of benzene rings is 2. The third-order valence-electron chi connectivity index (χ3n) is 4.84. The molecule has 0 unspecified atom stereocenters. The summed E-state index contributed by atoms with van der Waals surface area (Å²) in [5.74, 6) is -1.56. The Balaban J connectivity index is 1.84. The number of ether oxygens (including phenoxy) is 3. The highest BCUT2D eigenvalue weighted by atomic mass is 19.1. The van der Waals surface area contributed by atoms with Crippen LogP contribution in [0.2, 0.25) is 0 Å². The fourth-order valence-electron chi connectivity index (χ4n) is 3.40.